The lowest BCUT2D eigenvalue weighted by Gasteiger charge is -2.30. The third kappa shape index (κ3) is 2.37. The fourth-order valence-electron chi connectivity index (χ4n) is 4.81. The second-order valence-electron chi connectivity index (χ2n) is 7.27. The van der Waals surface area contributed by atoms with Gasteiger partial charge in [0.15, 0.2) is 0 Å². The molecule has 4 atom stereocenters. The Hall–Kier alpha value is -1.44. The Morgan fingerprint density at radius 2 is 2.29 bits per heavy atom. The van der Waals surface area contributed by atoms with Crippen molar-refractivity contribution >= 4 is 5.97 Å². The molecule has 4 rings (SSSR count). The van der Waals surface area contributed by atoms with Gasteiger partial charge < -0.3 is 14.9 Å². The molecule has 0 radical (unpaired) electrons. The summed E-state index contributed by atoms with van der Waals surface area (Å²) in [7, 11) is 0. The van der Waals surface area contributed by atoms with Crippen LogP contribution in [-0.4, -0.2) is 56.2 Å². The monoisotopic (exact) mass is 335 g/mol. The fraction of sp³-hybridized carbons (Fsp3) is 0.765. The molecule has 0 saturated carbocycles. The number of carboxylic acids is 1. The Morgan fingerprint density at radius 1 is 1.42 bits per heavy atom. The van der Waals surface area contributed by atoms with Gasteiger partial charge in [0.2, 0.25) is 0 Å². The van der Waals surface area contributed by atoms with Gasteiger partial charge >= 0.3 is 5.97 Å². The Kier molecular flexibility index (Phi) is 4.10. The number of carboxylic acid groups (broad SMARTS) is 1. The van der Waals surface area contributed by atoms with E-state index in [9.17, 15) is 15.0 Å². The highest BCUT2D eigenvalue weighted by atomic mass is 16.5. The highest BCUT2D eigenvalue weighted by Crippen LogP contribution is 2.51. The van der Waals surface area contributed by atoms with E-state index in [0.717, 1.165) is 44.5 Å². The molecule has 132 valence electrons. The molecule has 3 saturated heterocycles. The first-order valence-electron chi connectivity index (χ1n) is 8.93. The van der Waals surface area contributed by atoms with Crippen LogP contribution >= 0.6 is 0 Å². The molecule has 0 aromatic carbocycles. The second kappa shape index (κ2) is 6.13. The number of carbonyl (C=O) groups is 1. The molecule has 0 bridgehead atoms. The molecule has 7 nitrogen and oxygen atoms in total. The van der Waals surface area contributed by atoms with E-state index in [1.807, 2.05) is 16.9 Å². The summed E-state index contributed by atoms with van der Waals surface area (Å²) in [6.07, 6.45) is 7.12. The van der Waals surface area contributed by atoms with Crippen LogP contribution in [-0.2, 0) is 9.53 Å². The van der Waals surface area contributed by atoms with Gasteiger partial charge in [0.1, 0.15) is 11.8 Å². The van der Waals surface area contributed by atoms with Gasteiger partial charge in [0, 0.05) is 31.9 Å². The van der Waals surface area contributed by atoms with E-state index in [0.29, 0.717) is 12.8 Å². The molecule has 0 amide bonds. The zero-order valence-corrected chi connectivity index (χ0v) is 13.8. The first-order valence-corrected chi connectivity index (χ1v) is 8.93. The number of aliphatic carboxylic acids is 1. The van der Waals surface area contributed by atoms with E-state index in [2.05, 4.69) is 4.90 Å². The maximum absolute atomic E-state index is 11.9. The molecule has 7 heteroatoms. The minimum Gasteiger partial charge on any atom is -0.480 e. The van der Waals surface area contributed by atoms with E-state index in [1.165, 1.54) is 0 Å². The lowest BCUT2D eigenvalue weighted by atomic mass is 9.88. The standard InChI is InChI=1S/C17H25N3O4/c21-11-12-10-17(16(22)23)6-3-7-19(17)15(12)13-5-8-20(18-13)14-4-1-2-9-24-14/h5,8,12,14-15,21H,1-4,6-7,9-11H2,(H,22,23)/t12-,14?,15-,17-/m1/s1. The largest absolute Gasteiger partial charge is 0.480 e. The van der Waals surface area contributed by atoms with Crippen LogP contribution in [0.4, 0.5) is 0 Å². The van der Waals surface area contributed by atoms with E-state index < -0.39 is 11.5 Å². The summed E-state index contributed by atoms with van der Waals surface area (Å²) in [5.74, 6) is -0.854. The first-order chi connectivity index (χ1) is 11.7. The number of aliphatic hydroxyl groups is 1. The molecule has 1 aromatic rings. The van der Waals surface area contributed by atoms with Gasteiger partial charge in [-0.15, -0.1) is 0 Å². The molecule has 3 aliphatic heterocycles. The SMILES string of the molecule is O=C(O)[C@]12CCCN1[C@@H](c1ccn(C3CCCCO3)n1)[C@@H](CO)C2. The topological polar surface area (TPSA) is 87.8 Å². The van der Waals surface area contributed by atoms with Gasteiger partial charge in [-0.2, -0.15) is 5.10 Å². The average molecular weight is 335 g/mol. The average Bonchev–Trinajstić information content (AvgIpc) is 3.28. The Balaban J connectivity index is 1.62. The molecular formula is C17H25N3O4. The molecular weight excluding hydrogens is 310 g/mol. The van der Waals surface area contributed by atoms with Crippen molar-refractivity contribution in [2.45, 2.75) is 56.3 Å². The molecule has 24 heavy (non-hydrogen) atoms. The van der Waals surface area contributed by atoms with E-state index in [1.54, 1.807) is 0 Å². The number of fused-ring (bicyclic) bond motifs is 1. The summed E-state index contributed by atoms with van der Waals surface area (Å²) >= 11 is 0. The van der Waals surface area contributed by atoms with Crippen molar-refractivity contribution in [2.24, 2.45) is 5.92 Å². The van der Waals surface area contributed by atoms with Crippen molar-refractivity contribution < 1.29 is 19.7 Å². The van der Waals surface area contributed by atoms with Crippen LogP contribution in [0.5, 0.6) is 0 Å². The van der Waals surface area contributed by atoms with Crippen molar-refractivity contribution in [3.05, 3.63) is 18.0 Å². The van der Waals surface area contributed by atoms with Crippen LogP contribution in [0.1, 0.15) is 56.5 Å². The van der Waals surface area contributed by atoms with Crippen LogP contribution in [0.15, 0.2) is 12.3 Å². The van der Waals surface area contributed by atoms with E-state index in [4.69, 9.17) is 9.84 Å². The quantitative estimate of drug-likeness (QED) is 0.868. The molecule has 0 spiro atoms. The lowest BCUT2D eigenvalue weighted by Crippen LogP contribution is -2.46. The molecule has 4 heterocycles. The van der Waals surface area contributed by atoms with E-state index >= 15 is 0 Å². The maximum Gasteiger partial charge on any atom is 0.324 e. The third-order valence-electron chi connectivity index (χ3n) is 5.94. The minimum absolute atomic E-state index is 0.0109. The van der Waals surface area contributed by atoms with Gasteiger partial charge in [0.05, 0.1) is 11.7 Å². The number of ether oxygens (including phenoxy) is 1. The molecule has 2 N–H and O–H groups in total. The summed E-state index contributed by atoms with van der Waals surface area (Å²) in [5.41, 5.74) is 0.0247. The van der Waals surface area contributed by atoms with Crippen LogP contribution < -0.4 is 0 Å². The summed E-state index contributed by atoms with van der Waals surface area (Å²) in [4.78, 5) is 14.0. The van der Waals surface area contributed by atoms with Crippen molar-refractivity contribution in [3.63, 3.8) is 0 Å². The van der Waals surface area contributed by atoms with Crippen LogP contribution in [0.2, 0.25) is 0 Å². The normalized spacial score (nSPS) is 36.8. The summed E-state index contributed by atoms with van der Waals surface area (Å²) < 4.78 is 7.64. The number of aromatic nitrogens is 2. The third-order valence-corrected chi connectivity index (χ3v) is 5.94. The molecule has 3 fully saturated rings. The number of aliphatic hydroxyl groups excluding tert-OH is 1. The van der Waals surface area contributed by atoms with Gasteiger partial charge in [0.25, 0.3) is 0 Å². The molecule has 1 aromatic heterocycles. The Labute approximate surface area is 141 Å². The van der Waals surface area contributed by atoms with Gasteiger partial charge in [-0.05, 0) is 44.6 Å². The number of hydrogen-bond acceptors (Lipinski definition) is 5. The zero-order valence-electron chi connectivity index (χ0n) is 13.8. The summed E-state index contributed by atoms with van der Waals surface area (Å²) in [6, 6.07) is 1.83. The predicted molar refractivity (Wildman–Crippen MR) is 85.3 cm³/mol. The number of hydrogen-bond donors (Lipinski definition) is 2. The predicted octanol–water partition coefficient (Wildman–Crippen LogP) is 1.55. The van der Waals surface area contributed by atoms with Crippen molar-refractivity contribution in [1.82, 2.24) is 14.7 Å². The summed E-state index contributed by atoms with van der Waals surface area (Å²) in [5, 5.41) is 24.3. The highest BCUT2D eigenvalue weighted by molar-refractivity contribution is 5.80. The van der Waals surface area contributed by atoms with Crippen LogP contribution in [0.25, 0.3) is 0 Å². The maximum atomic E-state index is 11.9. The van der Waals surface area contributed by atoms with Crippen molar-refractivity contribution in [1.29, 1.82) is 0 Å². The number of nitrogens with zero attached hydrogens (tertiary/aromatic N) is 3. The van der Waals surface area contributed by atoms with Gasteiger partial charge in [-0.1, -0.05) is 0 Å². The fourth-order valence-corrected chi connectivity index (χ4v) is 4.81. The zero-order chi connectivity index (χ0) is 16.7. The minimum atomic E-state index is -0.830. The van der Waals surface area contributed by atoms with Gasteiger partial charge in [-0.25, -0.2) is 4.68 Å². The van der Waals surface area contributed by atoms with Crippen molar-refractivity contribution in [3.8, 4) is 0 Å². The highest BCUT2D eigenvalue weighted by Gasteiger charge is 2.59. The number of rotatable bonds is 4. The van der Waals surface area contributed by atoms with Gasteiger partial charge in [-0.3, -0.25) is 9.69 Å². The molecule has 0 aliphatic carbocycles. The summed E-state index contributed by atoms with van der Waals surface area (Å²) in [6.45, 7) is 1.50. The molecule has 3 aliphatic rings. The van der Waals surface area contributed by atoms with Crippen LogP contribution in [0.3, 0.4) is 0 Å². The van der Waals surface area contributed by atoms with Crippen LogP contribution in [0, 0.1) is 5.92 Å². The van der Waals surface area contributed by atoms with Crippen molar-refractivity contribution in [2.75, 3.05) is 19.8 Å². The smallest absolute Gasteiger partial charge is 0.324 e. The first kappa shape index (κ1) is 16.1. The molecule has 1 unspecified atom stereocenters. The Bertz CT molecular complexity index is 613. The Morgan fingerprint density at radius 3 is 3.00 bits per heavy atom. The second-order valence-corrected chi connectivity index (χ2v) is 7.27. The van der Waals surface area contributed by atoms with E-state index in [-0.39, 0.29) is 24.8 Å². The lowest BCUT2D eigenvalue weighted by molar-refractivity contribution is -0.148.